The number of amides is 1. The molecule has 0 radical (unpaired) electrons. The summed E-state index contributed by atoms with van der Waals surface area (Å²) < 4.78 is 0. The maximum atomic E-state index is 12.2. The quantitative estimate of drug-likeness (QED) is 0.838. The molecule has 0 bridgehead atoms. The maximum absolute atomic E-state index is 12.2. The van der Waals surface area contributed by atoms with Gasteiger partial charge in [0.15, 0.2) is 0 Å². The van der Waals surface area contributed by atoms with Crippen LogP contribution in [0.2, 0.25) is 0 Å². The molecule has 0 unspecified atom stereocenters. The van der Waals surface area contributed by atoms with Gasteiger partial charge in [-0.2, -0.15) is 0 Å². The molecule has 19 heavy (non-hydrogen) atoms. The van der Waals surface area contributed by atoms with Gasteiger partial charge in [0.1, 0.15) is 12.3 Å². The van der Waals surface area contributed by atoms with Crippen molar-refractivity contribution in [3.63, 3.8) is 0 Å². The van der Waals surface area contributed by atoms with Crippen LogP contribution >= 0.6 is 0 Å². The van der Waals surface area contributed by atoms with Crippen LogP contribution in [-0.4, -0.2) is 40.6 Å². The summed E-state index contributed by atoms with van der Waals surface area (Å²) in [4.78, 5) is 18.1. The van der Waals surface area contributed by atoms with Crippen LogP contribution in [0.25, 0.3) is 0 Å². The van der Waals surface area contributed by atoms with Gasteiger partial charge in [0, 0.05) is 24.8 Å². The predicted octanol–water partition coefficient (Wildman–Crippen LogP) is 1.69. The van der Waals surface area contributed by atoms with E-state index in [1.165, 1.54) is 0 Å². The van der Waals surface area contributed by atoms with E-state index in [9.17, 15) is 4.79 Å². The van der Waals surface area contributed by atoms with Gasteiger partial charge in [-0.05, 0) is 25.0 Å². The van der Waals surface area contributed by atoms with Crippen LogP contribution in [-0.2, 0) is 0 Å². The number of aliphatic hydroxyl groups is 1. The number of hydrogen-bond donors (Lipinski definition) is 1. The number of rotatable bonds is 4. The number of nitrogens with zero attached hydrogens (tertiary/aromatic N) is 2. The maximum Gasteiger partial charge on any atom is 0.272 e. The first kappa shape index (κ1) is 15.2. The molecule has 0 aliphatic heterocycles. The number of carbonyl (C=O) groups is 1. The Morgan fingerprint density at radius 1 is 1.42 bits per heavy atom. The molecule has 1 amide bonds. The van der Waals surface area contributed by atoms with E-state index < -0.39 is 0 Å². The Kier molecular flexibility index (Phi) is 6.04. The van der Waals surface area contributed by atoms with Crippen molar-refractivity contribution in [2.45, 2.75) is 32.7 Å². The monoisotopic (exact) mass is 260 g/mol. The molecule has 4 nitrogen and oxygen atoms in total. The SMILES string of the molecule is CCC(CC)N(C)C(=O)c1ccc(C#CCO)cn1. The van der Waals surface area contributed by atoms with E-state index in [2.05, 4.69) is 30.7 Å². The molecule has 0 saturated carbocycles. The number of aromatic nitrogens is 1. The highest BCUT2D eigenvalue weighted by atomic mass is 16.2. The first-order valence-electron chi connectivity index (χ1n) is 6.46. The number of hydrogen-bond acceptors (Lipinski definition) is 3. The van der Waals surface area contributed by atoms with Crippen molar-refractivity contribution < 1.29 is 9.90 Å². The Bertz CT molecular complexity index is 467. The fourth-order valence-electron chi connectivity index (χ4n) is 1.92. The van der Waals surface area contributed by atoms with Crippen LogP contribution in [0.5, 0.6) is 0 Å². The van der Waals surface area contributed by atoms with Crippen molar-refractivity contribution in [1.82, 2.24) is 9.88 Å². The van der Waals surface area contributed by atoms with E-state index in [-0.39, 0.29) is 18.6 Å². The first-order valence-corrected chi connectivity index (χ1v) is 6.46. The fourth-order valence-corrected chi connectivity index (χ4v) is 1.92. The molecule has 0 aliphatic rings. The van der Waals surface area contributed by atoms with E-state index >= 15 is 0 Å². The smallest absolute Gasteiger partial charge is 0.272 e. The second-order valence-corrected chi connectivity index (χ2v) is 4.28. The molecule has 4 heteroatoms. The number of aliphatic hydroxyl groups excluding tert-OH is 1. The van der Waals surface area contributed by atoms with E-state index in [0.29, 0.717) is 11.3 Å². The lowest BCUT2D eigenvalue weighted by molar-refractivity contribution is 0.0717. The Labute approximate surface area is 114 Å². The molecule has 1 aromatic rings. The summed E-state index contributed by atoms with van der Waals surface area (Å²) in [6, 6.07) is 3.65. The normalized spacial score (nSPS) is 9.95. The average Bonchev–Trinajstić information content (AvgIpc) is 2.46. The zero-order valence-electron chi connectivity index (χ0n) is 11.7. The molecular formula is C15H20N2O2. The average molecular weight is 260 g/mol. The molecule has 1 rings (SSSR count). The zero-order valence-corrected chi connectivity index (χ0v) is 11.7. The second kappa shape index (κ2) is 7.55. The molecule has 0 atom stereocenters. The molecular weight excluding hydrogens is 240 g/mol. The van der Waals surface area contributed by atoms with Crippen LogP contribution in [0, 0.1) is 11.8 Å². The minimum atomic E-state index is -0.182. The van der Waals surface area contributed by atoms with Crippen molar-refractivity contribution >= 4 is 5.91 Å². The Morgan fingerprint density at radius 2 is 2.11 bits per heavy atom. The lowest BCUT2D eigenvalue weighted by Crippen LogP contribution is -2.36. The molecule has 0 aromatic carbocycles. The van der Waals surface area contributed by atoms with Crippen molar-refractivity contribution in [3.8, 4) is 11.8 Å². The van der Waals surface area contributed by atoms with E-state index in [1.807, 2.05) is 0 Å². The minimum Gasteiger partial charge on any atom is -0.384 e. The highest BCUT2D eigenvalue weighted by molar-refractivity contribution is 5.92. The highest BCUT2D eigenvalue weighted by Gasteiger charge is 2.18. The van der Waals surface area contributed by atoms with Crippen LogP contribution < -0.4 is 0 Å². The molecule has 1 N–H and O–H groups in total. The summed E-state index contributed by atoms with van der Waals surface area (Å²) in [5.41, 5.74) is 1.11. The first-order chi connectivity index (χ1) is 9.13. The van der Waals surface area contributed by atoms with Gasteiger partial charge in [-0.1, -0.05) is 25.7 Å². The third kappa shape index (κ3) is 4.08. The van der Waals surface area contributed by atoms with Gasteiger partial charge in [-0.25, -0.2) is 4.98 Å². The lowest BCUT2D eigenvalue weighted by atomic mass is 10.1. The molecule has 0 fully saturated rings. The molecule has 1 aromatic heterocycles. The van der Waals surface area contributed by atoms with Crippen LogP contribution in [0.1, 0.15) is 42.7 Å². The highest BCUT2D eigenvalue weighted by Crippen LogP contribution is 2.10. The van der Waals surface area contributed by atoms with Gasteiger partial charge in [-0.15, -0.1) is 0 Å². The van der Waals surface area contributed by atoms with Gasteiger partial charge in [-0.3, -0.25) is 4.79 Å². The van der Waals surface area contributed by atoms with Crippen molar-refractivity contribution in [3.05, 3.63) is 29.6 Å². The standard InChI is InChI=1S/C15H20N2O2/c1-4-13(5-2)17(3)15(19)14-9-8-12(11-16-14)7-6-10-18/h8-9,11,13,18H,4-5,10H2,1-3H3. The Morgan fingerprint density at radius 3 is 2.58 bits per heavy atom. The third-order valence-corrected chi connectivity index (χ3v) is 3.10. The summed E-state index contributed by atoms with van der Waals surface area (Å²) in [7, 11) is 1.81. The second-order valence-electron chi connectivity index (χ2n) is 4.28. The summed E-state index contributed by atoms with van der Waals surface area (Å²) in [5.74, 6) is 5.22. The molecule has 102 valence electrons. The summed E-state index contributed by atoms with van der Waals surface area (Å²) in [5, 5.41) is 8.60. The van der Waals surface area contributed by atoms with Crippen LogP contribution in [0.3, 0.4) is 0 Å². The molecule has 0 spiro atoms. The lowest BCUT2D eigenvalue weighted by Gasteiger charge is -2.25. The molecule has 0 aliphatic carbocycles. The van der Waals surface area contributed by atoms with Crippen molar-refractivity contribution in [2.75, 3.05) is 13.7 Å². The van der Waals surface area contributed by atoms with E-state index in [4.69, 9.17) is 5.11 Å². The van der Waals surface area contributed by atoms with Gasteiger partial charge in [0.2, 0.25) is 0 Å². The van der Waals surface area contributed by atoms with Crippen LogP contribution in [0.15, 0.2) is 18.3 Å². The van der Waals surface area contributed by atoms with Gasteiger partial charge < -0.3 is 10.0 Å². The van der Waals surface area contributed by atoms with Crippen molar-refractivity contribution in [1.29, 1.82) is 0 Å². The van der Waals surface area contributed by atoms with E-state index in [1.54, 1.807) is 30.3 Å². The fraction of sp³-hybridized carbons (Fsp3) is 0.467. The topological polar surface area (TPSA) is 53.4 Å². The summed E-state index contributed by atoms with van der Waals surface area (Å²) >= 11 is 0. The van der Waals surface area contributed by atoms with Gasteiger partial charge in [0.05, 0.1) is 0 Å². The third-order valence-electron chi connectivity index (χ3n) is 3.10. The zero-order chi connectivity index (χ0) is 14.3. The molecule has 0 saturated heterocycles. The Hall–Kier alpha value is -1.86. The summed E-state index contributed by atoms with van der Waals surface area (Å²) in [6.07, 6.45) is 3.41. The largest absolute Gasteiger partial charge is 0.384 e. The predicted molar refractivity (Wildman–Crippen MR) is 74.7 cm³/mol. The Balaban J connectivity index is 2.83. The molecule has 1 heterocycles. The number of pyridine rings is 1. The number of carbonyl (C=O) groups excluding carboxylic acids is 1. The van der Waals surface area contributed by atoms with Crippen molar-refractivity contribution in [2.24, 2.45) is 0 Å². The van der Waals surface area contributed by atoms with Gasteiger partial charge >= 0.3 is 0 Å². The van der Waals surface area contributed by atoms with Crippen LogP contribution in [0.4, 0.5) is 0 Å². The van der Waals surface area contributed by atoms with Gasteiger partial charge in [0.25, 0.3) is 5.91 Å². The minimum absolute atomic E-state index is 0.0737. The van der Waals surface area contributed by atoms with E-state index in [0.717, 1.165) is 12.8 Å². The summed E-state index contributed by atoms with van der Waals surface area (Å²) in [6.45, 7) is 3.95.